The molecule has 0 aromatic heterocycles. The van der Waals surface area contributed by atoms with Crippen molar-refractivity contribution in [3.8, 4) is 0 Å². The third kappa shape index (κ3) is 11.8. The van der Waals surface area contributed by atoms with Gasteiger partial charge in [-0.15, -0.1) is 0 Å². The number of piperidine rings is 2. The average Bonchev–Trinajstić information content (AvgIpc) is 3.25. The van der Waals surface area contributed by atoms with E-state index in [4.69, 9.17) is 0 Å². The molecule has 0 saturated carbocycles. The molecule has 2 aliphatic heterocycles. The predicted octanol–water partition coefficient (Wildman–Crippen LogP) is 5.23. The molecule has 6 rings (SSSR count). The fraction of sp³-hybridized carbons (Fsp3) is 0.417. The van der Waals surface area contributed by atoms with E-state index in [0.717, 1.165) is 49.2 Å². The molecule has 2 fully saturated rings. The third-order valence-electron chi connectivity index (χ3n) is 11.8. The fourth-order valence-corrected chi connectivity index (χ4v) is 7.66. The minimum absolute atomic E-state index is 0.383. The molecule has 322 valence electrons. The smallest absolute Gasteiger partial charge is 0.348 e. The molecule has 6 N–H and O–H groups in total. The van der Waals surface area contributed by atoms with Gasteiger partial charge in [0.2, 0.25) is 11.6 Å². The normalized spacial score (nSPS) is 21.4. The van der Waals surface area contributed by atoms with E-state index in [2.05, 4.69) is 109 Å². The number of hydrogen-bond donors (Lipinski definition) is 6. The van der Waals surface area contributed by atoms with Gasteiger partial charge in [-0.25, -0.2) is 9.59 Å². The topological polar surface area (TPSA) is 180 Å². The Kier molecular flexibility index (Phi) is 17.4. The lowest BCUT2D eigenvalue weighted by Crippen LogP contribution is -2.71. The summed E-state index contributed by atoms with van der Waals surface area (Å²) in [5.74, 6) is -6.41. The van der Waals surface area contributed by atoms with E-state index >= 15 is 0 Å². The van der Waals surface area contributed by atoms with Crippen LogP contribution in [0.15, 0.2) is 109 Å². The van der Waals surface area contributed by atoms with Crippen LogP contribution in [0.2, 0.25) is 0 Å². The number of carbonyl (C=O) groups is 4. The molecule has 0 amide bonds. The van der Waals surface area contributed by atoms with Crippen molar-refractivity contribution in [1.29, 1.82) is 0 Å². The number of hydrogen-bond acceptors (Lipinski definition) is 10. The van der Waals surface area contributed by atoms with Crippen molar-refractivity contribution in [3.05, 3.63) is 143 Å². The van der Waals surface area contributed by atoms with Crippen LogP contribution in [0.5, 0.6) is 0 Å². The first kappa shape index (κ1) is 47.6. The van der Waals surface area contributed by atoms with E-state index in [1.165, 1.54) is 74.4 Å². The molecule has 0 radical (unpaired) electrons. The average molecular weight is 823 g/mol. The molecule has 12 heteroatoms. The lowest BCUT2D eigenvalue weighted by molar-refractivity contribution is -0.187. The summed E-state index contributed by atoms with van der Waals surface area (Å²) >= 11 is 0. The summed E-state index contributed by atoms with van der Waals surface area (Å²) in [6.45, 7) is 15.1. The number of carboxylic acids is 2. The molecule has 4 aromatic carbocycles. The zero-order valence-electron chi connectivity index (χ0n) is 35.7. The number of nitrogens with one attached hydrogen (secondary N) is 2. The lowest BCUT2D eigenvalue weighted by atomic mass is 9.73. The Hall–Kier alpha value is -5.08. The Balaban J connectivity index is 0.000000212. The zero-order valence-corrected chi connectivity index (χ0v) is 35.7. The van der Waals surface area contributed by atoms with Crippen LogP contribution in [-0.4, -0.2) is 117 Å². The highest BCUT2D eigenvalue weighted by Gasteiger charge is 2.69. The summed E-state index contributed by atoms with van der Waals surface area (Å²) in [4.78, 5) is 54.2. The highest BCUT2D eigenvalue weighted by atomic mass is 16.5. The summed E-state index contributed by atoms with van der Waals surface area (Å²) in [6, 6.07) is 33.2. The van der Waals surface area contributed by atoms with Gasteiger partial charge in [0.05, 0.1) is 0 Å². The zero-order chi connectivity index (χ0) is 44.0. The van der Waals surface area contributed by atoms with Crippen molar-refractivity contribution < 1.29 is 39.6 Å². The molecule has 2 aliphatic rings. The van der Waals surface area contributed by atoms with Crippen molar-refractivity contribution in [2.75, 3.05) is 40.3 Å². The van der Waals surface area contributed by atoms with Gasteiger partial charge in [0.15, 0.2) is 0 Å². The van der Waals surface area contributed by atoms with Crippen LogP contribution in [0.25, 0.3) is 0 Å². The minimum Gasteiger partial charge on any atom is -0.479 e. The molecular weight excluding hydrogens is 761 g/mol. The summed E-state index contributed by atoms with van der Waals surface area (Å²) in [5, 5.41) is 47.2. The number of aliphatic hydroxyl groups is 2. The van der Waals surface area contributed by atoms with Crippen LogP contribution >= 0.6 is 0 Å². The summed E-state index contributed by atoms with van der Waals surface area (Å²) in [6.07, 6.45) is 2.61. The van der Waals surface area contributed by atoms with E-state index in [1.807, 2.05) is 0 Å². The standard InChI is InChI=1S/C20H18O8.2C14H22N2/c1-11-3-7-13(8-4-11)15(21)19(27,17(23)24)20(28,18(25)26)16(22)14-9-5-12(2)6-10-14;2*1-12-8-9-16(11-14(12)15-2)10-13-6-4-3-5-7-13/h3-10,27-28H,1-2H3,(H,23,24)(H,25,26);2*3-7,12,14-15H,8-11H2,1-2H3/t19-,20-;;/m0../s1. The molecular formula is C48H62N4O8. The number of aryl methyl sites for hydroxylation is 2. The van der Waals surface area contributed by atoms with Crippen molar-refractivity contribution >= 4 is 23.5 Å². The van der Waals surface area contributed by atoms with Crippen LogP contribution < -0.4 is 10.6 Å². The second kappa shape index (κ2) is 22.0. The number of aliphatic carboxylic acids is 2. The van der Waals surface area contributed by atoms with Gasteiger partial charge < -0.3 is 31.1 Å². The predicted molar refractivity (Wildman–Crippen MR) is 233 cm³/mol. The molecule has 12 nitrogen and oxygen atoms in total. The number of ketones is 2. The number of rotatable bonds is 13. The van der Waals surface area contributed by atoms with Gasteiger partial charge in [0.25, 0.3) is 11.2 Å². The fourth-order valence-electron chi connectivity index (χ4n) is 7.66. The number of likely N-dealkylation sites (N-methyl/N-ethyl adjacent to an activating group) is 2. The van der Waals surface area contributed by atoms with Crippen LogP contribution in [0.3, 0.4) is 0 Å². The van der Waals surface area contributed by atoms with Gasteiger partial charge in [-0.1, -0.05) is 134 Å². The van der Waals surface area contributed by atoms with Crippen molar-refractivity contribution in [3.63, 3.8) is 0 Å². The Morgan fingerprint density at radius 3 is 1.17 bits per heavy atom. The largest absolute Gasteiger partial charge is 0.479 e. The molecule has 2 saturated heterocycles. The Morgan fingerprint density at radius 2 is 0.883 bits per heavy atom. The number of nitrogens with zero attached hydrogens (tertiary/aromatic N) is 2. The second-order valence-corrected chi connectivity index (χ2v) is 16.2. The van der Waals surface area contributed by atoms with E-state index in [-0.39, 0.29) is 11.1 Å². The first-order valence-corrected chi connectivity index (χ1v) is 20.6. The van der Waals surface area contributed by atoms with Gasteiger partial charge in [0, 0.05) is 49.4 Å². The van der Waals surface area contributed by atoms with Gasteiger partial charge in [-0.2, -0.15) is 0 Å². The van der Waals surface area contributed by atoms with E-state index in [1.54, 1.807) is 13.8 Å². The van der Waals surface area contributed by atoms with E-state index in [9.17, 15) is 39.6 Å². The molecule has 4 aromatic rings. The molecule has 0 bridgehead atoms. The summed E-state index contributed by atoms with van der Waals surface area (Å²) in [7, 11) is 4.15. The first-order valence-electron chi connectivity index (χ1n) is 20.6. The number of benzene rings is 4. The number of likely N-dealkylation sites (tertiary alicyclic amines) is 2. The SMILES string of the molecule is CNC1CN(Cc2ccccc2)CCC1C.CNC1CN(Cc2ccccc2)CCC1C.Cc1ccc(C(=O)[C@](O)(C(=O)O)[C@@](O)(C(=O)O)C(=O)c2ccc(C)cc2)cc1. The maximum absolute atomic E-state index is 12.8. The molecule has 60 heavy (non-hydrogen) atoms. The van der Waals surface area contributed by atoms with Crippen LogP contribution in [0.4, 0.5) is 0 Å². The van der Waals surface area contributed by atoms with Crippen molar-refractivity contribution in [2.24, 2.45) is 11.8 Å². The molecule has 0 spiro atoms. The quantitative estimate of drug-likeness (QED) is 0.0765. The molecule has 0 aliphatic carbocycles. The highest BCUT2D eigenvalue weighted by molar-refractivity contribution is 6.28. The van der Waals surface area contributed by atoms with Gasteiger partial charge in [-0.3, -0.25) is 19.4 Å². The maximum atomic E-state index is 12.8. The number of Topliss-reactive ketones (excluding diaryl/α,β-unsaturated/α-hetero) is 2. The second-order valence-electron chi connectivity index (χ2n) is 16.2. The minimum atomic E-state index is -3.96. The Labute approximate surface area is 354 Å². The Bertz CT molecular complexity index is 1850. The molecule has 2 heterocycles. The van der Waals surface area contributed by atoms with Crippen molar-refractivity contribution in [2.45, 2.75) is 76.9 Å². The number of carbonyl (C=O) groups excluding carboxylic acids is 2. The van der Waals surface area contributed by atoms with E-state index in [0.29, 0.717) is 23.2 Å². The summed E-state index contributed by atoms with van der Waals surface area (Å²) < 4.78 is 0. The first-order chi connectivity index (χ1) is 28.5. The van der Waals surface area contributed by atoms with Crippen molar-refractivity contribution in [1.82, 2.24) is 20.4 Å². The Morgan fingerprint density at radius 1 is 0.567 bits per heavy atom. The van der Waals surface area contributed by atoms with Gasteiger partial charge >= 0.3 is 11.9 Å². The van der Waals surface area contributed by atoms with Crippen LogP contribution in [0.1, 0.15) is 69.7 Å². The third-order valence-corrected chi connectivity index (χ3v) is 11.8. The van der Waals surface area contributed by atoms with Gasteiger partial charge in [0.1, 0.15) is 0 Å². The monoisotopic (exact) mass is 822 g/mol. The van der Waals surface area contributed by atoms with E-state index < -0.39 is 34.7 Å². The van der Waals surface area contributed by atoms with Crippen LogP contribution in [0, 0.1) is 25.7 Å². The number of carboxylic acid groups (broad SMARTS) is 2. The maximum Gasteiger partial charge on any atom is 0.348 e. The molecule has 6 atom stereocenters. The van der Waals surface area contributed by atoms with Crippen LogP contribution in [-0.2, 0) is 22.7 Å². The van der Waals surface area contributed by atoms with Gasteiger partial charge in [-0.05, 0) is 76.8 Å². The highest BCUT2D eigenvalue weighted by Crippen LogP contribution is 2.32. The molecule has 4 unspecified atom stereocenters. The lowest BCUT2D eigenvalue weighted by Gasteiger charge is -2.37. The summed E-state index contributed by atoms with van der Waals surface area (Å²) in [5.41, 5.74) is -4.43.